The fraction of sp³-hybridized carbons (Fsp3) is 0.400. The largest absolute Gasteiger partial charge is 0.356 e. The first-order valence-corrected chi connectivity index (χ1v) is 7.31. The fourth-order valence-corrected chi connectivity index (χ4v) is 2.58. The van der Waals surface area contributed by atoms with Crippen LogP contribution in [0.3, 0.4) is 0 Å². The van der Waals surface area contributed by atoms with Gasteiger partial charge in [-0.3, -0.25) is 4.99 Å². The molecule has 102 valence electrons. The first kappa shape index (κ1) is 14.1. The van der Waals surface area contributed by atoms with Crippen molar-refractivity contribution in [1.82, 2.24) is 10.6 Å². The summed E-state index contributed by atoms with van der Waals surface area (Å²) in [4.78, 5) is 4.21. The molecule has 0 amide bonds. The summed E-state index contributed by atoms with van der Waals surface area (Å²) >= 11 is 3.54. The minimum absolute atomic E-state index is 0.273. The van der Waals surface area contributed by atoms with E-state index in [2.05, 4.69) is 62.4 Å². The Balaban J connectivity index is 1.97. The van der Waals surface area contributed by atoms with Crippen molar-refractivity contribution in [3.8, 4) is 0 Å². The van der Waals surface area contributed by atoms with Crippen molar-refractivity contribution < 1.29 is 0 Å². The Morgan fingerprint density at radius 2 is 2.26 bits per heavy atom. The third kappa shape index (κ3) is 3.60. The van der Waals surface area contributed by atoms with Crippen LogP contribution in [-0.2, 0) is 5.41 Å². The van der Waals surface area contributed by atoms with E-state index < -0.39 is 0 Å². The molecule has 0 aliphatic heterocycles. The van der Waals surface area contributed by atoms with Gasteiger partial charge in [-0.25, -0.2) is 0 Å². The van der Waals surface area contributed by atoms with Crippen molar-refractivity contribution in [1.29, 1.82) is 0 Å². The van der Waals surface area contributed by atoms with Crippen molar-refractivity contribution in [2.45, 2.75) is 18.3 Å². The van der Waals surface area contributed by atoms with Crippen molar-refractivity contribution in [2.24, 2.45) is 4.99 Å². The Bertz CT molecular complexity index is 478. The summed E-state index contributed by atoms with van der Waals surface area (Å²) in [6.07, 6.45) is 4.29. The van der Waals surface area contributed by atoms with Gasteiger partial charge in [0, 0.05) is 30.0 Å². The van der Waals surface area contributed by atoms with E-state index in [4.69, 9.17) is 0 Å². The molecule has 0 bridgehead atoms. The summed E-state index contributed by atoms with van der Waals surface area (Å²) in [6.45, 7) is 5.34. The molecule has 1 saturated carbocycles. The number of nitrogens with zero attached hydrogens (tertiary/aromatic N) is 1. The predicted molar refractivity (Wildman–Crippen MR) is 84.6 cm³/mol. The van der Waals surface area contributed by atoms with Gasteiger partial charge in [-0.1, -0.05) is 34.1 Å². The first-order valence-electron chi connectivity index (χ1n) is 6.52. The number of aliphatic imine (C=N–C) groups is 1. The number of hydrogen-bond donors (Lipinski definition) is 2. The zero-order chi connectivity index (χ0) is 13.7. The maximum Gasteiger partial charge on any atom is 0.191 e. The standard InChI is InChI=1S/C15H20BrN3/c1-3-9-18-14(17-2)19-11-15(7-8-15)12-5-4-6-13(16)10-12/h3-6,10H,1,7-9,11H2,2H3,(H2,17,18,19). The van der Waals surface area contributed by atoms with Crippen molar-refractivity contribution in [3.63, 3.8) is 0 Å². The Kier molecular flexibility index (Phi) is 4.64. The molecule has 2 rings (SSSR count). The van der Waals surface area contributed by atoms with Crippen LogP contribution in [0, 0.1) is 0 Å². The average Bonchev–Trinajstić information content (AvgIpc) is 3.20. The maximum atomic E-state index is 4.21. The van der Waals surface area contributed by atoms with Gasteiger partial charge in [0.05, 0.1) is 0 Å². The number of benzene rings is 1. The molecule has 1 aromatic rings. The second kappa shape index (κ2) is 6.24. The second-order valence-corrected chi connectivity index (χ2v) is 5.80. The average molecular weight is 322 g/mol. The van der Waals surface area contributed by atoms with Crippen LogP contribution in [0.25, 0.3) is 0 Å². The van der Waals surface area contributed by atoms with Crippen LogP contribution in [0.5, 0.6) is 0 Å². The lowest BCUT2D eigenvalue weighted by atomic mass is 9.96. The molecular formula is C15H20BrN3. The molecule has 4 heteroatoms. The molecule has 0 aromatic heterocycles. The number of rotatable bonds is 5. The van der Waals surface area contributed by atoms with E-state index in [1.54, 1.807) is 7.05 Å². The zero-order valence-electron chi connectivity index (χ0n) is 11.2. The van der Waals surface area contributed by atoms with Gasteiger partial charge in [0.2, 0.25) is 0 Å². The highest BCUT2D eigenvalue weighted by atomic mass is 79.9. The number of guanidine groups is 1. The summed E-state index contributed by atoms with van der Waals surface area (Å²) in [5, 5.41) is 6.59. The minimum atomic E-state index is 0.273. The molecule has 1 aliphatic carbocycles. The molecule has 19 heavy (non-hydrogen) atoms. The fourth-order valence-electron chi connectivity index (χ4n) is 2.18. The molecule has 0 heterocycles. The Morgan fingerprint density at radius 3 is 2.84 bits per heavy atom. The Hall–Kier alpha value is -1.29. The van der Waals surface area contributed by atoms with Gasteiger partial charge in [0.25, 0.3) is 0 Å². The maximum absolute atomic E-state index is 4.21. The van der Waals surface area contributed by atoms with Gasteiger partial charge >= 0.3 is 0 Å². The lowest BCUT2D eigenvalue weighted by molar-refractivity contribution is 0.649. The molecule has 1 fully saturated rings. The number of nitrogens with one attached hydrogen (secondary N) is 2. The van der Waals surface area contributed by atoms with Gasteiger partial charge < -0.3 is 10.6 Å². The van der Waals surface area contributed by atoms with Gasteiger partial charge in [-0.2, -0.15) is 0 Å². The topological polar surface area (TPSA) is 36.4 Å². The highest BCUT2D eigenvalue weighted by Crippen LogP contribution is 2.48. The molecule has 0 saturated heterocycles. The van der Waals surface area contributed by atoms with Gasteiger partial charge in [-0.05, 0) is 30.5 Å². The smallest absolute Gasteiger partial charge is 0.191 e. The second-order valence-electron chi connectivity index (χ2n) is 4.89. The highest BCUT2D eigenvalue weighted by Gasteiger charge is 2.44. The van der Waals surface area contributed by atoms with Crippen LogP contribution < -0.4 is 10.6 Å². The minimum Gasteiger partial charge on any atom is -0.356 e. The normalized spacial score (nSPS) is 16.8. The van der Waals surface area contributed by atoms with Crippen LogP contribution in [0.4, 0.5) is 0 Å². The number of hydrogen-bond acceptors (Lipinski definition) is 1. The van der Waals surface area contributed by atoms with Gasteiger partial charge in [-0.15, -0.1) is 6.58 Å². The van der Waals surface area contributed by atoms with Gasteiger partial charge in [0.15, 0.2) is 5.96 Å². The highest BCUT2D eigenvalue weighted by molar-refractivity contribution is 9.10. The summed E-state index contributed by atoms with van der Waals surface area (Å²) in [5.41, 5.74) is 1.67. The third-order valence-electron chi connectivity index (χ3n) is 3.52. The molecule has 0 unspecified atom stereocenters. The Morgan fingerprint density at radius 1 is 1.47 bits per heavy atom. The predicted octanol–water partition coefficient (Wildman–Crippen LogP) is 2.83. The van der Waals surface area contributed by atoms with Crippen LogP contribution in [0.2, 0.25) is 0 Å². The van der Waals surface area contributed by atoms with E-state index in [9.17, 15) is 0 Å². The van der Waals surface area contributed by atoms with E-state index in [-0.39, 0.29) is 5.41 Å². The van der Waals surface area contributed by atoms with Gasteiger partial charge in [0.1, 0.15) is 0 Å². The molecule has 2 N–H and O–H groups in total. The zero-order valence-corrected chi connectivity index (χ0v) is 12.8. The van der Waals surface area contributed by atoms with E-state index in [0.717, 1.165) is 23.5 Å². The summed E-state index contributed by atoms with van der Waals surface area (Å²) < 4.78 is 1.14. The number of halogens is 1. The third-order valence-corrected chi connectivity index (χ3v) is 4.02. The molecule has 0 spiro atoms. The molecule has 1 aromatic carbocycles. The molecule has 0 atom stereocenters. The monoisotopic (exact) mass is 321 g/mol. The van der Waals surface area contributed by atoms with Crippen molar-refractivity contribution >= 4 is 21.9 Å². The quantitative estimate of drug-likeness (QED) is 0.497. The lowest BCUT2D eigenvalue weighted by Gasteiger charge is -2.19. The van der Waals surface area contributed by atoms with Crippen LogP contribution in [-0.4, -0.2) is 26.1 Å². The van der Waals surface area contributed by atoms with Crippen LogP contribution >= 0.6 is 15.9 Å². The van der Waals surface area contributed by atoms with E-state index >= 15 is 0 Å². The molecule has 3 nitrogen and oxygen atoms in total. The van der Waals surface area contributed by atoms with Crippen LogP contribution in [0.1, 0.15) is 18.4 Å². The van der Waals surface area contributed by atoms with Crippen LogP contribution in [0.15, 0.2) is 46.4 Å². The molecule has 0 radical (unpaired) electrons. The van der Waals surface area contributed by atoms with E-state index in [1.165, 1.54) is 18.4 Å². The summed E-state index contributed by atoms with van der Waals surface area (Å²) in [6, 6.07) is 8.59. The summed E-state index contributed by atoms with van der Waals surface area (Å²) in [5.74, 6) is 0.834. The SMILES string of the molecule is C=CCNC(=NC)NCC1(c2cccc(Br)c2)CC1. The summed E-state index contributed by atoms with van der Waals surface area (Å²) in [7, 11) is 1.79. The van der Waals surface area contributed by atoms with E-state index in [1.807, 2.05) is 6.08 Å². The van der Waals surface area contributed by atoms with E-state index in [0.29, 0.717) is 0 Å². The molecule has 1 aliphatic rings. The Labute approximate surface area is 123 Å². The van der Waals surface area contributed by atoms with Crippen molar-refractivity contribution in [2.75, 3.05) is 20.1 Å². The first-order chi connectivity index (χ1) is 9.20. The lowest BCUT2D eigenvalue weighted by Crippen LogP contribution is -2.41. The molecular weight excluding hydrogens is 302 g/mol. The van der Waals surface area contributed by atoms with Crippen molar-refractivity contribution in [3.05, 3.63) is 47.0 Å².